The molecule has 1 fully saturated rings. The third-order valence-corrected chi connectivity index (χ3v) is 4.70. The van der Waals surface area contributed by atoms with Gasteiger partial charge in [-0.05, 0) is 6.42 Å². The summed E-state index contributed by atoms with van der Waals surface area (Å²) in [5.41, 5.74) is 0. The molecule has 2 heterocycles. The minimum absolute atomic E-state index is 0.00335. The van der Waals surface area contributed by atoms with Crippen LogP contribution in [-0.2, 0) is 16.1 Å². The van der Waals surface area contributed by atoms with E-state index in [1.165, 1.54) is 0 Å². The normalized spacial score (nSPS) is 22.1. The van der Waals surface area contributed by atoms with E-state index >= 15 is 0 Å². The second-order valence-electron chi connectivity index (χ2n) is 4.78. The Morgan fingerprint density at radius 1 is 1.50 bits per heavy atom. The molecule has 0 aromatic carbocycles. The zero-order chi connectivity index (χ0) is 14.5. The van der Waals surface area contributed by atoms with Crippen molar-refractivity contribution in [1.29, 1.82) is 0 Å². The lowest BCUT2D eigenvalue weighted by molar-refractivity contribution is -0.149. The molecule has 1 aliphatic rings. The molecule has 2 unspecified atom stereocenters. The molecule has 1 amide bonds. The number of rotatable bonds is 6. The summed E-state index contributed by atoms with van der Waals surface area (Å²) < 4.78 is 1.83. The Balaban J connectivity index is 2.00. The van der Waals surface area contributed by atoms with Gasteiger partial charge >= 0.3 is 5.97 Å². The van der Waals surface area contributed by atoms with E-state index in [-0.39, 0.29) is 11.3 Å². The van der Waals surface area contributed by atoms with Crippen LogP contribution < -0.4 is 0 Å². The molecule has 20 heavy (non-hydrogen) atoms. The molecule has 0 aliphatic carbocycles. The lowest BCUT2D eigenvalue weighted by Gasteiger charge is -2.27. The quantitative estimate of drug-likeness (QED) is 0.859. The molecule has 1 N–H and O–H groups in total. The Morgan fingerprint density at radius 3 is 2.90 bits per heavy atom. The van der Waals surface area contributed by atoms with E-state index < -0.39 is 12.0 Å². The predicted octanol–water partition coefficient (Wildman–Crippen LogP) is 1.43. The first-order valence-electron chi connectivity index (χ1n) is 6.74. The van der Waals surface area contributed by atoms with Crippen molar-refractivity contribution in [3.63, 3.8) is 0 Å². The maximum absolute atomic E-state index is 12.4. The van der Waals surface area contributed by atoms with Crippen molar-refractivity contribution < 1.29 is 14.7 Å². The van der Waals surface area contributed by atoms with E-state index in [0.29, 0.717) is 18.7 Å². The van der Waals surface area contributed by atoms with Crippen LogP contribution in [0.5, 0.6) is 0 Å². The summed E-state index contributed by atoms with van der Waals surface area (Å²) in [6.07, 6.45) is 7.20. The lowest BCUT2D eigenvalue weighted by atomic mass is 10.2. The molecule has 1 saturated heterocycles. The van der Waals surface area contributed by atoms with Crippen molar-refractivity contribution in [1.82, 2.24) is 14.5 Å². The predicted molar refractivity (Wildman–Crippen MR) is 76.3 cm³/mol. The van der Waals surface area contributed by atoms with Crippen molar-refractivity contribution in [2.24, 2.45) is 0 Å². The van der Waals surface area contributed by atoms with Gasteiger partial charge in [-0.1, -0.05) is 13.3 Å². The van der Waals surface area contributed by atoms with Gasteiger partial charge in [0.15, 0.2) is 0 Å². The summed E-state index contributed by atoms with van der Waals surface area (Å²) in [7, 11) is 0. The number of carbonyl (C=O) groups excluding carboxylic acids is 1. The van der Waals surface area contributed by atoms with Gasteiger partial charge in [-0.15, -0.1) is 11.8 Å². The van der Waals surface area contributed by atoms with Crippen molar-refractivity contribution in [2.75, 3.05) is 5.75 Å². The summed E-state index contributed by atoms with van der Waals surface area (Å²) >= 11 is 1.57. The van der Waals surface area contributed by atoms with Gasteiger partial charge in [0.1, 0.15) is 6.04 Å². The lowest BCUT2D eigenvalue weighted by Crippen LogP contribution is -2.45. The number of nitrogens with zero attached hydrogens (tertiary/aromatic N) is 3. The van der Waals surface area contributed by atoms with Crippen LogP contribution in [-0.4, -0.2) is 48.6 Å². The summed E-state index contributed by atoms with van der Waals surface area (Å²) in [6, 6.07) is -0.688. The smallest absolute Gasteiger partial charge is 0.327 e. The zero-order valence-corrected chi connectivity index (χ0v) is 12.3. The molecular formula is C13H19N3O3S. The molecule has 7 heteroatoms. The number of aryl methyl sites for hydroxylation is 1. The van der Waals surface area contributed by atoms with Gasteiger partial charge in [0.05, 0.1) is 11.7 Å². The average molecular weight is 297 g/mol. The molecule has 2 atom stereocenters. The number of amides is 1. The third-order valence-electron chi connectivity index (χ3n) is 3.34. The fourth-order valence-corrected chi connectivity index (χ4v) is 3.87. The number of hydrogen-bond acceptors (Lipinski definition) is 4. The van der Waals surface area contributed by atoms with Crippen LogP contribution in [0.2, 0.25) is 0 Å². The molecule has 1 aromatic rings. The molecule has 0 radical (unpaired) electrons. The Labute approximate surface area is 122 Å². The molecule has 110 valence electrons. The average Bonchev–Trinajstić information content (AvgIpc) is 3.05. The maximum atomic E-state index is 12.4. The van der Waals surface area contributed by atoms with Crippen LogP contribution >= 0.6 is 11.8 Å². The fourth-order valence-electron chi connectivity index (χ4n) is 2.33. The molecule has 1 aromatic heterocycles. The topological polar surface area (TPSA) is 75.4 Å². The number of carboxylic acids is 1. The van der Waals surface area contributed by atoms with Crippen LogP contribution in [0.1, 0.15) is 26.2 Å². The van der Waals surface area contributed by atoms with Gasteiger partial charge in [-0.3, -0.25) is 4.79 Å². The minimum atomic E-state index is -0.910. The van der Waals surface area contributed by atoms with Gasteiger partial charge in [0.2, 0.25) is 5.91 Å². The number of aliphatic carboxylic acids is 1. The van der Waals surface area contributed by atoms with E-state index in [2.05, 4.69) is 4.98 Å². The summed E-state index contributed by atoms with van der Waals surface area (Å²) in [5.74, 6) is -0.516. The first-order valence-corrected chi connectivity index (χ1v) is 7.79. The van der Waals surface area contributed by atoms with Crippen LogP contribution in [0.15, 0.2) is 18.7 Å². The van der Waals surface area contributed by atoms with E-state index in [0.717, 1.165) is 12.8 Å². The van der Waals surface area contributed by atoms with Gasteiger partial charge < -0.3 is 14.6 Å². The summed E-state index contributed by atoms with van der Waals surface area (Å²) in [5, 5.41) is 9.24. The molecule has 0 bridgehead atoms. The first-order chi connectivity index (χ1) is 9.63. The van der Waals surface area contributed by atoms with Gasteiger partial charge in [-0.2, -0.15) is 0 Å². The Bertz CT molecular complexity index is 463. The molecule has 1 aliphatic heterocycles. The van der Waals surface area contributed by atoms with E-state index in [1.54, 1.807) is 35.4 Å². The third kappa shape index (κ3) is 3.33. The van der Waals surface area contributed by atoms with E-state index in [1.807, 2.05) is 11.5 Å². The highest BCUT2D eigenvalue weighted by Gasteiger charge is 2.40. The molecule has 6 nitrogen and oxygen atoms in total. The second-order valence-corrected chi connectivity index (χ2v) is 5.99. The van der Waals surface area contributed by atoms with Gasteiger partial charge in [0, 0.05) is 31.1 Å². The van der Waals surface area contributed by atoms with E-state index in [4.69, 9.17) is 0 Å². The van der Waals surface area contributed by atoms with Crippen molar-refractivity contribution in [3.05, 3.63) is 18.7 Å². The molecular weight excluding hydrogens is 278 g/mol. The monoisotopic (exact) mass is 297 g/mol. The van der Waals surface area contributed by atoms with Crippen LogP contribution in [0.25, 0.3) is 0 Å². The molecule has 0 saturated carbocycles. The van der Waals surface area contributed by atoms with Crippen LogP contribution in [0.4, 0.5) is 0 Å². The Kier molecular flexibility index (Phi) is 5.05. The summed E-state index contributed by atoms with van der Waals surface area (Å²) in [4.78, 5) is 29.1. The summed E-state index contributed by atoms with van der Waals surface area (Å²) in [6.45, 7) is 2.58. The molecule has 2 rings (SSSR count). The first kappa shape index (κ1) is 14.9. The Morgan fingerprint density at radius 2 is 2.30 bits per heavy atom. The number of aromatic nitrogens is 2. The number of carbonyl (C=O) groups is 2. The standard InChI is InChI=1S/C13H19N3O3S/c1-2-3-12-16(10(8-20-12)13(18)19)11(17)4-6-15-7-5-14-9-15/h5,7,9-10,12H,2-4,6,8H2,1H3,(H,18,19). The largest absolute Gasteiger partial charge is 0.480 e. The number of hydrogen-bond donors (Lipinski definition) is 1. The van der Waals surface area contributed by atoms with Gasteiger partial charge in [0.25, 0.3) is 0 Å². The number of carboxylic acid groups (broad SMARTS) is 1. The van der Waals surface area contributed by atoms with Crippen molar-refractivity contribution in [2.45, 2.75) is 44.1 Å². The number of imidazole rings is 1. The number of thioether (sulfide) groups is 1. The fraction of sp³-hybridized carbons (Fsp3) is 0.615. The second kappa shape index (κ2) is 6.78. The zero-order valence-electron chi connectivity index (χ0n) is 11.4. The maximum Gasteiger partial charge on any atom is 0.327 e. The highest BCUT2D eigenvalue weighted by atomic mass is 32.2. The van der Waals surface area contributed by atoms with E-state index in [9.17, 15) is 14.7 Å². The SMILES string of the molecule is CCCC1SCC(C(=O)O)N1C(=O)CCn1ccnc1. The minimum Gasteiger partial charge on any atom is -0.480 e. The molecule has 0 spiro atoms. The Hall–Kier alpha value is -1.50. The highest BCUT2D eigenvalue weighted by molar-refractivity contribution is 8.00. The van der Waals surface area contributed by atoms with Crippen molar-refractivity contribution >= 4 is 23.6 Å². The van der Waals surface area contributed by atoms with Crippen LogP contribution in [0, 0.1) is 0 Å². The van der Waals surface area contributed by atoms with Crippen LogP contribution in [0.3, 0.4) is 0 Å². The van der Waals surface area contributed by atoms with Crippen molar-refractivity contribution in [3.8, 4) is 0 Å². The van der Waals surface area contributed by atoms with Gasteiger partial charge in [-0.25, -0.2) is 9.78 Å². The highest BCUT2D eigenvalue weighted by Crippen LogP contribution is 2.32.